The quantitative estimate of drug-likeness (QED) is 0.756. The van der Waals surface area contributed by atoms with Crippen molar-refractivity contribution in [3.8, 4) is 11.3 Å². The molecule has 17 heavy (non-hydrogen) atoms. The number of hydrogen-bond donors (Lipinski definition) is 0. The highest BCUT2D eigenvalue weighted by molar-refractivity contribution is 5.85. The Morgan fingerprint density at radius 1 is 1.35 bits per heavy atom. The van der Waals surface area contributed by atoms with Gasteiger partial charge in [-0.2, -0.15) is 5.10 Å². The Morgan fingerprint density at radius 2 is 2.12 bits per heavy atom. The lowest BCUT2D eigenvalue weighted by atomic mass is 10.1. The van der Waals surface area contributed by atoms with Crippen molar-refractivity contribution in [2.75, 3.05) is 0 Å². The molecule has 3 heteroatoms. The maximum Gasteiger partial charge on any atom is 0.153 e. The topological polar surface area (TPSA) is 34.9 Å². The second-order valence-electron chi connectivity index (χ2n) is 4.49. The molecule has 0 radical (unpaired) electrons. The van der Waals surface area contributed by atoms with Gasteiger partial charge in [-0.3, -0.25) is 9.48 Å². The molecule has 1 aromatic heterocycles. The van der Waals surface area contributed by atoms with E-state index in [9.17, 15) is 4.79 Å². The summed E-state index contributed by atoms with van der Waals surface area (Å²) in [5.74, 6) is 0. The first-order valence-corrected chi connectivity index (χ1v) is 5.73. The fourth-order valence-electron chi connectivity index (χ4n) is 1.77. The van der Waals surface area contributed by atoms with E-state index in [1.807, 2.05) is 49.7 Å². The van der Waals surface area contributed by atoms with Crippen LogP contribution in [-0.2, 0) is 0 Å². The molecule has 1 heterocycles. The van der Waals surface area contributed by atoms with Crippen molar-refractivity contribution in [2.45, 2.75) is 26.8 Å². The smallest absolute Gasteiger partial charge is 0.153 e. The number of benzene rings is 1. The number of hydrogen-bond acceptors (Lipinski definition) is 2. The van der Waals surface area contributed by atoms with Gasteiger partial charge in [-0.15, -0.1) is 0 Å². The van der Waals surface area contributed by atoms with Crippen molar-refractivity contribution < 1.29 is 4.79 Å². The Kier molecular flexibility index (Phi) is 3.09. The molecule has 0 unspecified atom stereocenters. The first-order chi connectivity index (χ1) is 8.11. The highest BCUT2D eigenvalue weighted by atomic mass is 16.1. The summed E-state index contributed by atoms with van der Waals surface area (Å²) in [7, 11) is 0. The van der Waals surface area contributed by atoms with Gasteiger partial charge in [-0.05, 0) is 26.8 Å². The van der Waals surface area contributed by atoms with Crippen LogP contribution in [0.2, 0.25) is 0 Å². The third kappa shape index (κ3) is 2.28. The molecule has 0 fully saturated rings. The van der Waals surface area contributed by atoms with Gasteiger partial charge in [0.15, 0.2) is 6.29 Å². The molecule has 88 valence electrons. The van der Waals surface area contributed by atoms with E-state index in [2.05, 4.69) is 5.10 Å². The fraction of sp³-hybridized carbons (Fsp3) is 0.286. The number of aldehydes is 1. The predicted molar refractivity (Wildman–Crippen MR) is 68.2 cm³/mol. The molecular formula is C14H16N2O. The van der Waals surface area contributed by atoms with E-state index in [0.29, 0.717) is 5.56 Å². The van der Waals surface area contributed by atoms with E-state index in [4.69, 9.17) is 0 Å². The zero-order valence-corrected chi connectivity index (χ0v) is 10.3. The molecule has 2 rings (SSSR count). The average molecular weight is 228 g/mol. The van der Waals surface area contributed by atoms with Crippen LogP contribution in [0.1, 0.15) is 35.8 Å². The van der Waals surface area contributed by atoms with Gasteiger partial charge in [0.1, 0.15) is 5.69 Å². The maximum atomic E-state index is 11.1. The molecule has 0 aliphatic heterocycles. The van der Waals surface area contributed by atoms with Crippen molar-refractivity contribution in [3.05, 3.63) is 41.6 Å². The summed E-state index contributed by atoms with van der Waals surface area (Å²) in [6, 6.07) is 8.29. The Morgan fingerprint density at radius 3 is 2.71 bits per heavy atom. The fourth-order valence-corrected chi connectivity index (χ4v) is 1.77. The minimum Gasteiger partial charge on any atom is -0.298 e. The molecule has 0 saturated heterocycles. The first kappa shape index (κ1) is 11.6. The van der Waals surface area contributed by atoms with Gasteiger partial charge < -0.3 is 0 Å². The van der Waals surface area contributed by atoms with Gasteiger partial charge >= 0.3 is 0 Å². The van der Waals surface area contributed by atoms with Crippen LogP contribution >= 0.6 is 0 Å². The van der Waals surface area contributed by atoms with Crippen molar-refractivity contribution >= 4 is 6.29 Å². The third-order valence-corrected chi connectivity index (χ3v) is 2.71. The number of aryl methyl sites for hydroxylation is 1. The van der Waals surface area contributed by atoms with Gasteiger partial charge in [0.25, 0.3) is 0 Å². The molecular weight excluding hydrogens is 212 g/mol. The molecule has 0 aliphatic carbocycles. The molecule has 0 N–H and O–H groups in total. The summed E-state index contributed by atoms with van der Waals surface area (Å²) in [6.45, 7) is 6.12. The van der Waals surface area contributed by atoms with Crippen LogP contribution in [0.5, 0.6) is 0 Å². The standard InChI is InChI=1S/C14H16N2O/c1-10(2)16-8-13(9-17)14(15-16)12-6-4-5-11(3)7-12/h4-10H,1-3H3. The second-order valence-corrected chi connectivity index (χ2v) is 4.49. The lowest BCUT2D eigenvalue weighted by molar-refractivity contribution is 0.112. The summed E-state index contributed by atoms with van der Waals surface area (Å²) in [6.07, 6.45) is 2.67. The summed E-state index contributed by atoms with van der Waals surface area (Å²) in [4.78, 5) is 11.1. The summed E-state index contributed by atoms with van der Waals surface area (Å²) in [5.41, 5.74) is 3.56. The molecule has 0 saturated carbocycles. The Labute approximate surface area is 101 Å². The number of rotatable bonds is 3. The monoisotopic (exact) mass is 228 g/mol. The van der Waals surface area contributed by atoms with Crippen molar-refractivity contribution in [1.82, 2.24) is 9.78 Å². The Balaban J connectivity index is 2.54. The van der Waals surface area contributed by atoms with E-state index >= 15 is 0 Å². The van der Waals surface area contributed by atoms with Gasteiger partial charge in [-0.25, -0.2) is 0 Å². The molecule has 0 bridgehead atoms. The predicted octanol–water partition coefficient (Wildman–Crippen LogP) is 3.25. The number of carbonyl (C=O) groups is 1. The van der Waals surface area contributed by atoms with E-state index in [1.54, 1.807) is 6.20 Å². The number of aromatic nitrogens is 2. The molecule has 0 amide bonds. The van der Waals surface area contributed by atoms with Crippen molar-refractivity contribution in [1.29, 1.82) is 0 Å². The van der Waals surface area contributed by atoms with Crippen LogP contribution in [0.3, 0.4) is 0 Å². The number of carbonyl (C=O) groups excluding carboxylic acids is 1. The molecule has 3 nitrogen and oxygen atoms in total. The third-order valence-electron chi connectivity index (χ3n) is 2.71. The van der Waals surface area contributed by atoms with Crippen LogP contribution in [0, 0.1) is 6.92 Å². The van der Waals surface area contributed by atoms with E-state index in [0.717, 1.165) is 17.5 Å². The SMILES string of the molecule is Cc1cccc(-c2nn(C(C)C)cc2C=O)c1. The second kappa shape index (κ2) is 4.53. The minimum absolute atomic E-state index is 0.257. The maximum absolute atomic E-state index is 11.1. The summed E-state index contributed by atoms with van der Waals surface area (Å²) < 4.78 is 1.82. The van der Waals surface area contributed by atoms with Crippen LogP contribution < -0.4 is 0 Å². The Bertz CT molecular complexity index is 541. The van der Waals surface area contributed by atoms with Crippen LogP contribution in [-0.4, -0.2) is 16.1 Å². The van der Waals surface area contributed by atoms with Crippen molar-refractivity contribution in [2.24, 2.45) is 0 Å². The summed E-state index contributed by atoms with van der Waals surface area (Å²) >= 11 is 0. The molecule has 0 spiro atoms. The van der Waals surface area contributed by atoms with E-state index in [-0.39, 0.29) is 6.04 Å². The van der Waals surface area contributed by atoms with Crippen LogP contribution in [0.25, 0.3) is 11.3 Å². The lowest BCUT2D eigenvalue weighted by Gasteiger charge is -2.03. The molecule has 1 aromatic carbocycles. The molecule has 2 aromatic rings. The zero-order chi connectivity index (χ0) is 12.4. The molecule has 0 atom stereocenters. The normalized spacial score (nSPS) is 10.8. The van der Waals surface area contributed by atoms with Crippen molar-refractivity contribution in [3.63, 3.8) is 0 Å². The average Bonchev–Trinajstić information content (AvgIpc) is 2.73. The lowest BCUT2D eigenvalue weighted by Crippen LogP contribution is -2.00. The van der Waals surface area contributed by atoms with Gasteiger partial charge in [0.05, 0.1) is 5.56 Å². The zero-order valence-electron chi connectivity index (χ0n) is 10.3. The highest BCUT2D eigenvalue weighted by Crippen LogP contribution is 2.23. The van der Waals surface area contributed by atoms with Crippen LogP contribution in [0.4, 0.5) is 0 Å². The number of nitrogens with zero attached hydrogens (tertiary/aromatic N) is 2. The van der Waals surface area contributed by atoms with Gasteiger partial charge in [-0.1, -0.05) is 23.8 Å². The first-order valence-electron chi connectivity index (χ1n) is 5.73. The van der Waals surface area contributed by atoms with Gasteiger partial charge in [0, 0.05) is 17.8 Å². The largest absolute Gasteiger partial charge is 0.298 e. The van der Waals surface area contributed by atoms with Crippen LogP contribution in [0.15, 0.2) is 30.5 Å². The Hall–Kier alpha value is -1.90. The van der Waals surface area contributed by atoms with Gasteiger partial charge in [0.2, 0.25) is 0 Å². The minimum atomic E-state index is 0.257. The highest BCUT2D eigenvalue weighted by Gasteiger charge is 2.11. The summed E-state index contributed by atoms with van der Waals surface area (Å²) in [5, 5.41) is 4.48. The van der Waals surface area contributed by atoms with E-state index < -0.39 is 0 Å². The van der Waals surface area contributed by atoms with E-state index in [1.165, 1.54) is 5.56 Å². The molecule has 0 aliphatic rings.